The second-order valence-corrected chi connectivity index (χ2v) is 14.0. The van der Waals surface area contributed by atoms with E-state index in [1.807, 2.05) is 37.5 Å². The predicted molar refractivity (Wildman–Crippen MR) is 180 cm³/mol. The van der Waals surface area contributed by atoms with Crippen molar-refractivity contribution in [3.63, 3.8) is 0 Å². The van der Waals surface area contributed by atoms with Crippen molar-refractivity contribution in [2.24, 2.45) is 11.3 Å². The average molecular weight is 637 g/mol. The molecule has 11 nitrogen and oxygen atoms in total. The summed E-state index contributed by atoms with van der Waals surface area (Å²) in [5.74, 6) is 1.05. The van der Waals surface area contributed by atoms with Gasteiger partial charge >= 0.3 is 5.97 Å². The number of nitrogens with zero attached hydrogens (tertiary/aromatic N) is 7. The number of benzene rings is 1. The molecule has 246 valence electrons. The number of phenolic OH excluding ortho intramolecular Hbond substituents is 1. The molecule has 0 amide bonds. The monoisotopic (exact) mass is 636 g/mol. The van der Waals surface area contributed by atoms with Gasteiger partial charge in [0.2, 0.25) is 5.95 Å². The molecule has 2 aliphatic heterocycles. The topological polar surface area (TPSA) is 124 Å². The van der Waals surface area contributed by atoms with Crippen molar-refractivity contribution in [1.82, 2.24) is 30.0 Å². The van der Waals surface area contributed by atoms with E-state index in [4.69, 9.17) is 14.7 Å². The van der Waals surface area contributed by atoms with Crippen LogP contribution in [-0.4, -0.2) is 86.5 Å². The molecule has 4 aromatic rings. The highest BCUT2D eigenvalue weighted by atomic mass is 16.5. The van der Waals surface area contributed by atoms with E-state index in [1.165, 1.54) is 36.9 Å². The summed E-state index contributed by atoms with van der Waals surface area (Å²) in [4.78, 5) is 32.7. The molecule has 47 heavy (non-hydrogen) atoms. The number of ether oxygens (including phenoxy) is 1. The zero-order valence-corrected chi connectivity index (χ0v) is 27.4. The molecule has 1 atom stereocenters. The number of para-hydroxylation sites is 1. The number of aromatic nitrogens is 5. The van der Waals surface area contributed by atoms with Crippen LogP contribution in [0.1, 0.15) is 69.7 Å². The summed E-state index contributed by atoms with van der Waals surface area (Å²) >= 11 is 0. The summed E-state index contributed by atoms with van der Waals surface area (Å²) in [6, 6.07) is 9.98. The molecule has 2 aliphatic carbocycles. The second-order valence-electron chi connectivity index (χ2n) is 14.0. The van der Waals surface area contributed by atoms with Crippen molar-refractivity contribution in [3.8, 4) is 17.0 Å². The van der Waals surface area contributed by atoms with Gasteiger partial charge in [-0.1, -0.05) is 12.1 Å². The van der Waals surface area contributed by atoms with Crippen LogP contribution >= 0.6 is 0 Å². The first-order chi connectivity index (χ1) is 22.9. The Morgan fingerprint density at radius 3 is 2.51 bits per heavy atom. The number of carbonyl (C=O) groups is 1. The number of hydrogen-bond donors (Lipinski definition) is 2. The lowest BCUT2D eigenvalue weighted by Crippen LogP contribution is -2.57. The fourth-order valence-electron chi connectivity index (χ4n) is 8.72. The van der Waals surface area contributed by atoms with E-state index < -0.39 is 0 Å². The number of nitrogens with one attached hydrogen (secondary N) is 1. The predicted octanol–water partition coefficient (Wildman–Crippen LogP) is 5.27. The van der Waals surface area contributed by atoms with E-state index in [0.29, 0.717) is 29.3 Å². The number of aromatic amines is 1. The lowest BCUT2D eigenvalue weighted by atomic mass is 9.56. The van der Waals surface area contributed by atoms with Gasteiger partial charge in [0, 0.05) is 67.4 Å². The number of fused-ring (bicyclic) bond motifs is 3. The third kappa shape index (κ3) is 5.48. The number of carbonyl (C=O) groups excluding carboxylic acids is 1. The average Bonchev–Trinajstić information content (AvgIpc) is 3.47. The third-order valence-electron chi connectivity index (χ3n) is 11.4. The van der Waals surface area contributed by atoms with E-state index in [2.05, 4.69) is 36.8 Å². The van der Waals surface area contributed by atoms with Crippen molar-refractivity contribution in [3.05, 3.63) is 54.0 Å². The maximum Gasteiger partial charge on any atom is 0.308 e. The number of hydrogen-bond acceptors (Lipinski definition) is 10. The Morgan fingerprint density at radius 2 is 1.79 bits per heavy atom. The van der Waals surface area contributed by atoms with Gasteiger partial charge in [0.25, 0.3) is 0 Å². The third-order valence-corrected chi connectivity index (χ3v) is 11.4. The van der Waals surface area contributed by atoms with Crippen LogP contribution in [0.2, 0.25) is 0 Å². The largest absolute Gasteiger partial charge is 0.507 e. The normalized spacial score (nSPS) is 26.3. The number of phenols is 1. The smallest absolute Gasteiger partial charge is 0.308 e. The molecule has 2 N–H and O–H groups in total. The van der Waals surface area contributed by atoms with Gasteiger partial charge in [0.15, 0.2) is 5.65 Å². The van der Waals surface area contributed by atoms with E-state index in [0.717, 1.165) is 74.7 Å². The van der Waals surface area contributed by atoms with Gasteiger partial charge in [-0.3, -0.25) is 9.69 Å². The number of esters is 1. The Kier molecular flexibility index (Phi) is 7.74. The fraction of sp³-hybridized carbons (Fsp3) is 0.528. The Labute approximate surface area is 275 Å². The Hall–Kier alpha value is -4.25. The molecule has 0 unspecified atom stereocenters. The van der Waals surface area contributed by atoms with E-state index in [-0.39, 0.29) is 23.7 Å². The number of H-pyrrole nitrogens is 1. The lowest BCUT2D eigenvalue weighted by molar-refractivity contribution is -0.151. The van der Waals surface area contributed by atoms with Crippen molar-refractivity contribution in [2.75, 3.05) is 49.1 Å². The second kappa shape index (κ2) is 12.1. The standard InChI is InChI=1S/C36H44N8O3/c1-3-47-34(46)24-8-11-36(12-9-24)19-25(20-36)42-14-16-43(17-15-42)26-21-37-35(38-22-26)44-13-10-29-32(23(44)2)28-18-30(40-41-33(28)39-29)27-6-4-5-7-31(27)45/h4-7,18,21-25,45H,3,8-17,19-20H2,1-2H3,(H,39,41)/t23-,24?,25?,36?/m1/s1. The Morgan fingerprint density at radius 1 is 1.04 bits per heavy atom. The molecule has 11 heteroatoms. The molecular formula is C36H44N8O3. The van der Waals surface area contributed by atoms with Gasteiger partial charge in [0.05, 0.1) is 42.3 Å². The van der Waals surface area contributed by atoms with Crippen molar-refractivity contribution < 1.29 is 14.6 Å². The Balaban J connectivity index is 0.885. The van der Waals surface area contributed by atoms with Gasteiger partial charge in [-0.15, -0.1) is 10.2 Å². The van der Waals surface area contributed by atoms with Gasteiger partial charge < -0.3 is 24.6 Å². The van der Waals surface area contributed by atoms with Gasteiger partial charge in [-0.05, 0) is 76.0 Å². The Bertz CT molecular complexity index is 1750. The van der Waals surface area contributed by atoms with Crippen LogP contribution in [0.25, 0.3) is 22.3 Å². The quantitative estimate of drug-likeness (QED) is 0.271. The first-order valence-corrected chi connectivity index (χ1v) is 17.3. The molecule has 4 aliphatic rings. The minimum Gasteiger partial charge on any atom is -0.507 e. The molecule has 1 aromatic carbocycles. The van der Waals surface area contributed by atoms with Crippen LogP contribution in [-0.2, 0) is 16.0 Å². The molecular weight excluding hydrogens is 592 g/mol. The highest BCUT2D eigenvalue weighted by molar-refractivity contribution is 5.86. The molecule has 3 fully saturated rings. The van der Waals surface area contributed by atoms with Crippen LogP contribution in [0.5, 0.6) is 5.75 Å². The summed E-state index contributed by atoms with van der Waals surface area (Å²) in [5, 5.41) is 20.3. The highest BCUT2D eigenvalue weighted by Crippen LogP contribution is 2.54. The minimum atomic E-state index is 0.00993. The SMILES string of the molecule is CCOC(=O)C1CCC2(CC1)CC(N1CCN(c3cnc(N4CCc5[nH]c6nnc(-c7ccccc7O)cc6c5[C@H]4C)nc3)CC1)C2. The molecule has 3 aromatic heterocycles. The van der Waals surface area contributed by atoms with E-state index in [9.17, 15) is 9.90 Å². The first kappa shape index (κ1) is 30.1. The van der Waals surface area contributed by atoms with Crippen LogP contribution in [0, 0.1) is 11.3 Å². The molecule has 2 saturated carbocycles. The van der Waals surface area contributed by atoms with Gasteiger partial charge in [-0.2, -0.15) is 0 Å². The number of aromatic hydroxyl groups is 1. The van der Waals surface area contributed by atoms with Gasteiger partial charge in [0.1, 0.15) is 5.75 Å². The molecule has 1 spiro atoms. The molecule has 0 bridgehead atoms. The zero-order chi connectivity index (χ0) is 32.1. The summed E-state index contributed by atoms with van der Waals surface area (Å²) < 4.78 is 5.27. The number of rotatable bonds is 6. The summed E-state index contributed by atoms with van der Waals surface area (Å²) in [5.41, 5.74) is 5.97. The van der Waals surface area contributed by atoms with Crippen molar-refractivity contribution in [1.29, 1.82) is 0 Å². The van der Waals surface area contributed by atoms with Crippen molar-refractivity contribution in [2.45, 2.75) is 70.9 Å². The molecule has 5 heterocycles. The minimum absolute atomic E-state index is 0.00993. The van der Waals surface area contributed by atoms with Crippen molar-refractivity contribution >= 4 is 28.6 Å². The number of piperazine rings is 1. The van der Waals surface area contributed by atoms with Crippen LogP contribution in [0.3, 0.4) is 0 Å². The summed E-state index contributed by atoms with van der Waals surface area (Å²) in [6.45, 7) is 9.47. The summed E-state index contributed by atoms with van der Waals surface area (Å²) in [7, 11) is 0. The fourth-order valence-corrected chi connectivity index (χ4v) is 8.72. The van der Waals surface area contributed by atoms with Crippen LogP contribution < -0.4 is 9.80 Å². The summed E-state index contributed by atoms with van der Waals surface area (Å²) in [6.07, 6.45) is 11.7. The highest BCUT2D eigenvalue weighted by Gasteiger charge is 2.49. The van der Waals surface area contributed by atoms with E-state index in [1.54, 1.807) is 12.1 Å². The first-order valence-electron chi connectivity index (χ1n) is 17.3. The van der Waals surface area contributed by atoms with Crippen LogP contribution in [0.15, 0.2) is 42.7 Å². The van der Waals surface area contributed by atoms with E-state index >= 15 is 0 Å². The van der Waals surface area contributed by atoms with Gasteiger partial charge in [-0.25, -0.2) is 9.97 Å². The maximum atomic E-state index is 12.2. The zero-order valence-electron chi connectivity index (χ0n) is 27.4. The molecule has 1 saturated heterocycles. The molecule has 0 radical (unpaired) electrons. The van der Waals surface area contributed by atoms with Crippen LogP contribution in [0.4, 0.5) is 11.6 Å². The molecule has 8 rings (SSSR count). The maximum absolute atomic E-state index is 12.2. The number of anilines is 2. The lowest BCUT2D eigenvalue weighted by Gasteiger charge is -2.56.